The second-order valence-corrected chi connectivity index (χ2v) is 8.96. The van der Waals surface area contributed by atoms with Gasteiger partial charge >= 0.3 is 6.36 Å². The van der Waals surface area contributed by atoms with Crippen molar-refractivity contribution in [2.75, 3.05) is 0 Å². The van der Waals surface area contributed by atoms with E-state index in [4.69, 9.17) is 5.73 Å². The van der Waals surface area contributed by atoms with Crippen molar-refractivity contribution in [3.05, 3.63) is 29.8 Å². The van der Waals surface area contributed by atoms with Gasteiger partial charge in [-0.1, -0.05) is 25.0 Å². The van der Waals surface area contributed by atoms with Crippen LogP contribution in [0.25, 0.3) is 0 Å². The van der Waals surface area contributed by atoms with Crippen LogP contribution in [0.2, 0.25) is 0 Å². The summed E-state index contributed by atoms with van der Waals surface area (Å²) in [5, 5.41) is 5.92. The van der Waals surface area contributed by atoms with Crippen molar-refractivity contribution in [1.29, 1.82) is 0 Å². The smallest absolute Gasteiger partial charge is 0.406 e. The lowest BCUT2D eigenvalue weighted by molar-refractivity contribution is -0.274. The molecule has 0 aliphatic heterocycles. The molecule has 0 unspecified atom stereocenters. The van der Waals surface area contributed by atoms with E-state index in [9.17, 15) is 22.8 Å². The third kappa shape index (κ3) is 7.69. The molecule has 2 amide bonds. The Labute approximate surface area is 186 Å². The Morgan fingerprint density at radius 3 is 2.47 bits per heavy atom. The van der Waals surface area contributed by atoms with E-state index in [0.29, 0.717) is 12.0 Å². The average molecular weight is 456 g/mol. The normalized spacial score (nSPS) is 26.2. The van der Waals surface area contributed by atoms with Crippen molar-refractivity contribution in [3.8, 4) is 5.75 Å². The fourth-order valence-corrected chi connectivity index (χ4v) is 4.69. The molecule has 3 rings (SSSR count). The molecule has 32 heavy (non-hydrogen) atoms. The minimum absolute atomic E-state index is 0.0514. The maximum atomic E-state index is 12.5. The number of hydrogen-bond donors (Lipinski definition) is 3. The number of nitrogens with one attached hydrogen (secondary N) is 2. The van der Waals surface area contributed by atoms with Crippen molar-refractivity contribution in [1.82, 2.24) is 10.6 Å². The Balaban J connectivity index is 1.36. The number of ether oxygens (including phenoxy) is 1. The minimum Gasteiger partial charge on any atom is -0.406 e. The molecule has 178 valence electrons. The monoisotopic (exact) mass is 455 g/mol. The molecule has 0 heterocycles. The lowest BCUT2D eigenvalue weighted by Gasteiger charge is -2.32. The topological polar surface area (TPSA) is 93.5 Å². The number of hydrogen-bond acceptors (Lipinski definition) is 4. The number of alkyl halides is 3. The zero-order valence-corrected chi connectivity index (χ0v) is 18.1. The van der Waals surface area contributed by atoms with Crippen LogP contribution in [-0.4, -0.2) is 30.3 Å². The third-order valence-electron chi connectivity index (χ3n) is 6.45. The van der Waals surface area contributed by atoms with E-state index in [-0.39, 0.29) is 48.0 Å². The van der Waals surface area contributed by atoms with E-state index < -0.39 is 6.36 Å². The molecule has 0 aromatic heterocycles. The number of benzene rings is 1. The first-order valence-electron chi connectivity index (χ1n) is 11.4. The fourth-order valence-electron chi connectivity index (χ4n) is 4.69. The Morgan fingerprint density at radius 1 is 1.06 bits per heavy atom. The summed E-state index contributed by atoms with van der Waals surface area (Å²) in [6, 6.07) is 5.66. The molecule has 0 bridgehead atoms. The van der Waals surface area contributed by atoms with Gasteiger partial charge in [0.05, 0.1) is 5.92 Å². The summed E-state index contributed by atoms with van der Waals surface area (Å²) in [7, 11) is 0. The highest BCUT2D eigenvalue weighted by atomic mass is 19.4. The van der Waals surface area contributed by atoms with Crippen molar-refractivity contribution in [2.24, 2.45) is 17.6 Å². The van der Waals surface area contributed by atoms with Crippen molar-refractivity contribution >= 4 is 11.8 Å². The van der Waals surface area contributed by atoms with Gasteiger partial charge in [0.2, 0.25) is 11.8 Å². The van der Waals surface area contributed by atoms with Crippen LogP contribution in [0.5, 0.6) is 5.75 Å². The highest BCUT2D eigenvalue weighted by Gasteiger charge is 2.32. The van der Waals surface area contributed by atoms with Crippen LogP contribution in [0.1, 0.15) is 63.4 Å². The molecule has 0 radical (unpaired) electrons. The number of amides is 2. The molecular weight excluding hydrogens is 423 g/mol. The number of carbonyl (C=O) groups is 2. The SMILES string of the molecule is N[C@@H]1CCCC[C@H]1C(=O)N[C@H]1CC[C@@H](CC(=O)NCc2cccc(OC(F)(F)F)c2)CC1. The molecule has 1 aromatic rings. The molecule has 4 N–H and O–H groups in total. The molecule has 2 aliphatic rings. The fraction of sp³-hybridized carbons (Fsp3) is 0.652. The first-order valence-corrected chi connectivity index (χ1v) is 11.4. The van der Waals surface area contributed by atoms with Crippen molar-refractivity contribution in [3.63, 3.8) is 0 Å². The van der Waals surface area contributed by atoms with Crippen LogP contribution in [0.3, 0.4) is 0 Å². The van der Waals surface area contributed by atoms with Gasteiger partial charge in [0.15, 0.2) is 0 Å². The average Bonchev–Trinajstić information content (AvgIpc) is 2.73. The first-order chi connectivity index (χ1) is 15.2. The summed E-state index contributed by atoms with van der Waals surface area (Å²) in [6.45, 7) is 0.140. The number of nitrogens with two attached hydrogens (primary N) is 1. The summed E-state index contributed by atoms with van der Waals surface area (Å²) in [4.78, 5) is 24.8. The van der Waals surface area contributed by atoms with Gasteiger partial charge in [-0.15, -0.1) is 13.2 Å². The predicted octanol–water partition coefficient (Wildman–Crippen LogP) is 3.78. The molecule has 0 spiro atoms. The zero-order chi connectivity index (χ0) is 23.1. The predicted molar refractivity (Wildman–Crippen MR) is 113 cm³/mol. The number of carbonyl (C=O) groups excluding carboxylic acids is 2. The summed E-state index contributed by atoms with van der Waals surface area (Å²) in [6.07, 6.45) is 2.89. The number of halogens is 3. The van der Waals surface area contributed by atoms with E-state index in [1.807, 2.05) is 0 Å². The second kappa shape index (κ2) is 11.0. The third-order valence-corrected chi connectivity index (χ3v) is 6.45. The quantitative estimate of drug-likeness (QED) is 0.583. The molecule has 6 nitrogen and oxygen atoms in total. The van der Waals surface area contributed by atoms with Gasteiger partial charge in [-0.05, 0) is 62.1 Å². The van der Waals surface area contributed by atoms with Gasteiger partial charge in [-0.3, -0.25) is 9.59 Å². The molecule has 0 saturated heterocycles. The van der Waals surface area contributed by atoms with Crippen LogP contribution >= 0.6 is 0 Å². The summed E-state index contributed by atoms with van der Waals surface area (Å²) >= 11 is 0. The highest BCUT2D eigenvalue weighted by Crippen LogP contribution is 2.29. The maximum absolute atomic E-state index is 12.5. The van der Waals surface area contributed by atoms with Gasteiger partial charge in [-0.2, -0.15) is 0 Å². The lowest BCUT2D eigenvalue weighted by atomic mass is 9.82. The minimum atomic E-state index is -4.75. The molecule has 2 aliphatic carbocycles. The Hall–Kier alpha value is -2.29. The summed E-state index contributed by atoms with van der Waals surface area (Å²) in [5.41, 5.74) is 6.64. The lowest BCUT2D eigenvalue weighted by Crippen LogP contribution is -2.47. The standard InChI is InChI=1S/C23H32F3N3O3/c24-23(25,26)32-18-5-3-4-16(12-18)14-28-21(30)13-15-8-10-17(11-9-15)29-22(31)19-6-1-2-7-20(19)27/h3-5,12,15,17,19-20H,1-2,6-11,13-14,27H2,(H,28,30)(H,29,31)/t15-,17+,19-,20-/m1/s1. The van der Waals surface area contributed by atoms with Crippen LogP contribution < -0.4 is 21.1 Å². The van der Waals surface area contributed by atoms with Gasteiger partial charge < -0.3 is 21.1 Å². The zero-order valence-electron chi connectivity index (χ0n) is 18.1. The van der Waals surface area contributed by atoms with Gasteiger partial charge in [0.1, 0.15) is 5.75 Å². The number of rotatable bonds is 7. The molecule has 9 heteroatoms. The summed E-state index contributed by atoms with van der Waals surface area (Å²) in [5.74, 6) is -0.228. The largest absolute Gasteiger partial charge is 0.573 e. The van der Waals surface area contributed by atoms with E-state index in [2.05, 4.69) is 15.4 Å². The van der Waals surface area contributed by atoms with Crippen molar-refractivity contribution < 1.29 is 27.5 Å². The van der Waals surface area contributed by atoms with E-state index in [1.165, 1.54) is 18.2 Å². The Kier molecular flexibility index (Phi) is 8.39. The molecular formula is C23H32F3N3O3. The van der Waals surface area contributed by atoms with E-state index >= 15 is 0 Å². The van der Waals surface area contributed by atoms with Crippen LogP contribution in [-0.2, 0) is 16.1 Å². The first kappa shape index (κ1) is 24.4. The molecule has 1 aromatic carbocycles. The van der Waals surface area contributed by atoms with Crippen LogP contribution in [0.15, 0.2) is 24.3 Å². The Bertz CT molecular complexity index is 779. The molecule has 2 fully saturated rings. The highest BCUT2D eigenvalue weighted by molar-refractivity contribution is 5.79. The Morgan fingerprint density at radius 2 is 1.78 bits per heavy atom. The molecule has 2 atom stereocenters. The van der Waals surface area contributed by atoms with Gasteiger partial charge in [0, 0.05) is 25.0 Å². The van der Waals surface area contributed by atoms with Gasteiger partial charge in [0.25, 0.3) is 0 Å². The van der Waals surface area contributed by atoms with Crippen LogP contribution in [0, 0.1) is 11.8 Å². The van der Waals surface area contributed by atoms with Crippen LogP contribution in [0.4, 0.5) is 13.2 Å². The molecule has 2 saturated carbocycles. The second-order valence-electron chi connectivity index (χ2n) is 8.96. The summed E-state index contributed by atoms with van der Waals surface area (Å²) < 4.78 is 40.9. The van der Waals surface area contributed by atoms with Gasteiger partial charge in [-0.25, -0.2) is 0 Å². The van der Waals surface area contributed by atoms with E-state index in [0.717, 1.165) is 51.4 Å². The maximum Gasteiger partial charge on any atom is 0.573 e. The van der Waals surface area contributed by atoms with Crippen molar-refractivity contribution in [2.45, 2.75) is 82.8 Å². The van der Waals surface area contributed by atoms with E-state index in [1.54, 1.807) is 6.07 Å².